The van der Waals surface area contributed by atoms with Crippen LogP contribution in [0.1, 0.15) is 65.5 Å². The Labute approximate surface area is 232 Å². The van der Waals surface area contributed by atoms with Crippen LogP contribution in [0.2, 0.25) is 0 Å². The van der Waals surface area contributed by atoms with Crippen LogP contribution >= 0.6 is 0 Å². The summed E-state index contributed by atoms with van der Waals surface area (Å²) in [5.74, 6) is 2.20. The number of carbonyl (C=O) groups excluding carboxylic acids is 1. The van der Waals surface area contributed by atoms with Gasteiger partial charge in [0, 0.05) is 6.54 Å². The molecule has 4 aromatic rings. The van der Waals surface area contributed by atoms with Crippen molar-refractivity contribution in [3.63, 3.8) is 0 Å². The zero-order chi connectivity index (χ0) is 27.8. The SMILES string of the molecule is CCCCOc1ccc([C@H]2c3c(oc4ccc(C)cc4c3=O)C(=O)N2Cc2ccc3c(c2)OCO3)cc1OCC. The molecule has 0 saturated heterocycles. The number of hydrogen-bond acceptors (Lipinski definition) is 7. The third-order valence-corrected chi connectivity index (χ3v) is 7.25. The minimum Gasteiger partial charge on any atom is -0.490 e. The van der Waals surface area contributed by atoms with Crippen LogP contribution in [0, 0.1) is 6.92 Å². The van der Waals surface area contributed by atoms with E-state index in [0.717, 1.165) is 29.5 Å². The second kappa shape index (κ2) is 10.6. The van der Waals surface area contributed by atoms with Crippen LogP contribution in [-0.2, 0) is 6.54 Å². The van der Waals surface area contributed by atoms with Crippen LogP contribution in [0.15, 0.2) is 63.8 Å². The van der Waals surface area contributed by atoms with E-state index in [1.165, 1.54) is 0 Å². The monoisotopic (exact) mass is 541 g/mol. The van der Waals surface area contributed by atoms with Crippen LogP contribution in [0.4, 0.5) is 0 Å². The van der Waals surface area contributed by atoms with Gasteiger partial charge >= 0.3 is 0 Å². The molecule has 3 aromatic carbocycles. The molecule has 0 aliphatic carbocycles. The highest BCUT2D eigenvalue weighted by Crippen LogP contribution is 2.42. The smallest absolute Gasteiger partial charge is 0.291 e. The Bertz CT molecular complexity index is 1660. The minimum absolute atomic E-state index is 0.0633. The Morgan fingerprint density at radius 1 is 0.925 bits per heavy atom. The lowest BCUT2D eigenvalue weighted by Crippen LogP contribution is -2.29. The standard InChI is InChI=1S/C32H31NO7/c1-4-6-13-37-24-12-9-21(16-27(24)36-5-2)29-28-30(34)22-14-19(3)7-10-23(22)40-31(28)32(35)33(29)17-20-8-11-25-26(15-20)39-18-38-25/h7-12,14-16,29H,4-6,13,17-18H2,1-3H3/t29-/m0/s1. The Hall–Kier alpha value is -4.46. The van der Waals surface area contributed by atoms with Gasteiger partial charge in [0.25, 0.3) is 5.91 Å². The van der Waals surface area contributed by atoms with Gasteiger partial charge in [0.05, 0.1) is 30.2 Å². The van der Waals surface area contributed by atoms with Gasteiger partial charge in [0.1, 0.15) is 5.58 Å². The lowest BCUT2D eigenvalue weighted by molar-refractivity contribution is 0.0714. The van der Waals surface area contributed by atoms with Gasteiger partial charge < -0.3 is 28.3 Å². The van der Waals surface area contributed by atoms with E-state index in [1.807, 2.05) is 56.3 Å². The second-order valence-electron chi connectivity index (χ2n) is 10.0. The number of benzene rings is 3. The van der Waals surface area contributed by atoms with Gasteiger partial charge in [0.15, 0.2) is 28.4 Å². The maximum absolute atomic E-state index is 14.0. The van der Waals surface area contributed by atoms with Crippen molar-refractivity contribution in [2.24, 2.45) is 0 Å². The van der Waals surface area contributed by atoms with E-state index in [4.69, 9.17) is 23.4 Å². The summed E-state index contributed by atoms with van der Waals surface area (Å²) in [6.07, 6.45) is 1.94. The molecule has 0 N–H and O–H groups in total. The van der Waals surface area contributed by atoms with Crippen molar-refractivity contribution in [2.45, 2.75) is 46.2 Å². The van der Waals surface area contributed by atoms with Gasteiger partial charge in [-0.05, 0) is 67.8 Å². The topological polar surface area (TPSA) is 87.4 Å². The first-order chi connectivity index (χ1) is 19.5. The largest absolute Gasteiger partial charge is 0.490 e. The Morgan fingerprint density at radius 2 is 1.77 bits per heavy atom. The second-order valence-corrected chi connectivity index (χ2v) is 10.0. The van der Waals surface area contributed by atoms with E-state index in [-0.39, 0.29) is 30.4 Å². The molecular weight excluding hydrogens is 510 g/mol. The molecule has 1 aromatic heterocycles. The Kier molecular flexibility index (Phi) is 6.84. The van der Waals surface area contributed by atoms with Crippen LogP contribution in [0.3, 0.4) is 0 Å². The first kappa shape index (κ1) is 25.8. The summed E-state index contributed by atoms with van der Waals surface area (Å²) in [5, 5.41) is 0.450. The molecule has 0 radical (unpaired) electrons. The quantitative estimate of drug-likeness (QED) is 0.235. The fourth-order valence-electron chi connectivity index (χ4n) is 5.29. The highest BCUT2D eigenvalue weighted by molar-refractivity contribution is 5.99. The molecule has 1 atom stereocenters. The van der Waals surface area contributed by atoms with Gasteiger partial charge in [-0.15, -0.1) is 0 Å². The molecular formula is C32H31NO7. The number of carbonyl (C=O) groups is 1. The summed E-state index contributed by atoms with van der Waals surface area (Å²) < 4.78 is 29.1. The van der Waals surface area contributed by atoms with Gasteiger partial charge in [-0.3, -0.25) is 9.59 Å². The van der Waals surface area contributed by atoms with E-state index in [2.05, 4.69) is 6.92 Å². The Balaban J connectivity index is 1.48. The summed E-state index contributed by atoms with van der Waals surface area (Å²) in [6.45, 7) is 7.35. The van der Waals surface area contributed by atoms with E-state index >= 15 is 0 Å². The molecule has 8 heteroatoms. The third-order valence-electron chi connectivity index (χ3n) is 7.25. The van der Waals surface area contributed by atoms with Crippen molar-refractivity contribution < 1.29 is 28.2 Å². The fraction of sp³-hybridized carbons (Fsp3) is 0.312. The molecule has 0 bridgehead atoms. The zero-order valence-corrected chi connectivity index (χ0v) is 22.8. The van der Waals surface area contributed by atoms with E-state index in [0.29, 0.717) is 52.7 Å². The number of nitrogens with zero attached hydrogens (tertiary/aromatic N) is 1. The summed E-state index contributed by atoms with van der Waals surface area (Å²) in [4.78, 5) is 29.6. The lowest BCUT2D eigenvalue weighted by Gasteiger charge is -2.26. The summed E-state index contributed by atoms with van der Waals surface area (Å²) in [5.41, 5.74) is 3.01. The highest BCUT2D eigenvalue weighted by atomic mass is 16.7. The van der Waals surface area contributed by atoms with Gasteiger partial charge in [-0.2, -0.15) is 0 Å². The molecule has 2 aliphatic heterocycles. The lowest BCUT2D eigenvalue weighted by atomic mass is 9.97. The maximum Gasteiger partial charge on any atom is 0.291 e. The predicted octanol–water partition coefficient (Wildman–Crippen LogP) is 6.15. The molecule has 2 aliphatic rings. The van der Waals surface area contributed by atoms with Crippen molar-refractivity contribution in [3.8, 4) is 23.0 Å². The summed E-state index contributed by atoms with van der Waals surface area (Å²) in [7, 11) is 0. The fourth-order valence-corrected chi connectivity index (χ4v) is 5.29. The number of ether oxygens (including phenoxy) is 4. The molecule has 1 amide bonds. The zero-order valence-electron chi connectivity index (χ0n) is 22.8. The van der Waals surface area contributed by atoms with Crippen molar-refractivity contribution in [2.75, 3.05) is 20.0 Å². The molecule has 8 nitrogen and oxygen atoms in total. The first-order valence-corrected chi connectivity index (χ1v) is 13.6. The molecule has 40 heavy (non-hydrogen) atoms. The molecule has 0 spiro atoms. The molecule has 206 valence electrons. The van der Waals surface area contributed by atoms with E-state index in [9.17, 15) is 9.59 Å². The van der Waals surface area contributed by atoms with E-state index in [1.54, 1.807) is 17.0 Å². The van der Waals surface area contributed by atoms with Gasteiger partial charge in [-0.25, -0.2) is 0 Å². The maximum atomic E-state index is 14.0. The van der Waals surface area contributed by atoms with Crippen molar-refractivity contribution in [1.29, 1.82) is 0 Å². The predicted molar refractivity (Wildman–Crippen MR) is 150 cm³/mol. The number of rotatable bonds is 9. The number of fused-ring (bicyclic) bond motifs is 3. The summed E-state index contributed by atoms with van der Waals surface area (Å²) >= 11 is 0. The average Bonchev–Trinajstić information content (AvgIpc) is 3.53. The highest BCUT2D eigenvalue weighted by Gasteiger charge is 2.43. The molecule has 0 unspecified atom stereocenters. The Morgan fingerprint density at radius 3 is 2.60 bits per heavy atom. The van der Waals surface area contributed by atoms with Crippen molar-refractivity contribution >= 4 is 16.9 Å². The van der Waals surface area contributed by atoms with Crippen LogP contribution in [0.25, 0.3) is 11.0 Å². The van der Waals surface area contributed by atoms with Crippen LogP contribution in [0.5, 0.6) is 23.0 Å². The third kappa shape index (κ3) is 4.53. The number of unbranched alkanes of at least 4 members (excludes halogenated alkanes) is 1. The van der Waals surface area contributed by atoms with Crippen molar-refractivity contribution in [1.82, 2.24) is 4.90 Å². The number of amides is 1. The summed E-state index contributed by atoms with van der Waals surface area (Å²) in [6, 6.07) is 15.9. The van der Waals surface area contributed by atoms with Crippen LogP contribution in [-0.4, -0.2) is 30.8 Å². The number of aryl methyl sites for hydroxylation is 1. The van der Waals surface area contributed by atoms with Crippen molar-refractivity contribution in [3.05, 3.63) is 92.8 Å². The molecule has 6 rings (SSSR count). The number of hydrogen-bond donors (Lipinski definition) is 0. The average molecular weight is 542 g/mol. The van der Waals surface area contributed by atoms with Crippen LogP contribution < -0.4 is 24.4 Å². The molecule has 3 heterocycles. The van der Waals surface area contributed by atoms with Gasteiger partial charge in [0.2, 0.25) is 12.6 Å². The normalized spacial score (nSPS) is 15.5. The molecule has 0 saturated carbocycles. The van der Waals surface area contributed by atoms with E-state index < -0.39 is 6.04 Å². The minimum atomic E-state index is -0.682. The molecule has 0 fully saturated rings. The van der Waals surface area contributed by atoms with Gasteiger partial charge in [-0.1, -0.05) is 37.1 Å². The first-order valence-electron chi connectivity index (χ1n) is 13.6.